The number of carboxylic acids is 1. The third-order valence-corrected chi connectivity index (χ3v) is 5.23. The first kappa shape index (κ1) is 18.8. The molecule has 1 fully saturated rings. The van der Waals surface area contributed by atoms with Crippen LogP contribution in [0.2, 0.25) is 0 Å². The molecule has 7 nitrogen and oxygen atoms in total. The number of carboxylic acid groups (broad SMARTS) is 1. The molecule has 0 bridgehead atoms. The molecule has 0 aliphatic carbocycles. The van der Waals surface area contributed by atoms with Crippen molar-refractivity contribution in [3.8, 4) is 0 Å². The number of nitrogens with zero attached hydrogens (tertiary/aromatic N) is 3. The molecule has 142 valence electrons. The Kier molecular flexibility index (Phi) is 5.69. The summed E-state index contributed by atoms with van der Waals surface area (Å²) in [6.45, 7) is 5.20. The van der Waals surface area contributed by atoms with E-state index in [-0.39, 0.29) is 11.8 Å². The summed E-state index contributed by atoms with van der Waals surface area (Å²) in [7, 11) is 0. The van der Waals surface area contributed by atoms with Gasteiger partial charge in [-0.25, -0.2) is 9.78 Å². The predicted octanol–water partition coefficient (Wildman–Crippen LogP) is 2.25. The maximum Gasteiger partial charge on any atom is 0.330 e. The summed E-state index contributed by atoms with van der Waals surface area (Å²) < 4.78 is 0. The van der Waals surface area contributed by atoms with Crippen LogP contribution in [0.5, 0.6) is 0 Å². The van der Waals surface area contributed by atoms with Crippen LogP contribution in [0.25, 0.3) is 0 Å². The van der Waals surface area contributed by atoms with Gasteiger partial charge < -0.3 is 15.3 Å². The summed E-state index contributed by atoms with van der Waals surface area (Å²) in [5.41, 5.74) is 2.53. The molecular weight excluding hydrogens is 344 g/mol. The van der Waals surface area contributed by atoms with Crippen molar-refractivity contribution in [3.63, 3.8) is 0 Å². The maximum absolute atomic E-state index is 12.7. The highest BCUT2D eigenvalue weighted by molar-refractivity contribution is 5.86. The molecule has 1 atom stereocenters. The fourth-order valence-corrected chi connectivity index (χ4v) is 3.44. The molecule has 0 saturated carbocycles. The topological polar surface area (TPSA) is 95.4 Å². The van der Waals surface area contributed by atoms with Crippen LogP contribution in [-0.2, 0) is 9.59 Å². The van der Waals surface area contributed by atoms with Gasteiger partial charge in [-0.2, -0.15) is 0 Å². The number of piperidine rings is 1. The lowest BCUT2D eigenvalue weighted by Gasteiger charge is -2.32. The number of carbonyl (C=O) groups is 2. The molecule has 3 rings (SSSR count). The number of aryl methyl sites for hydroxylation is 1. The largest absolute Gasteiger partial charge is 0.479 e. The van der Waals surface area contributed by atoms with Crippen molar-refractivity contribution in [2.75, 3.05) is 18.0 Å². The summed E-state index contributed by atoms with van der Waals surface area (Å²) in [5.74, 6) is -0.656. The number of carbonyl (C=O) groups excluding carboxylic acids is 1. The summed E-state index contributed by atoms with van der Waals surface area (Å²) in [6, 6.07) is 4.48. The zero-order chi connectivity index (χ0) is 19.4. The average molecular weight is 368 g/mol. The number of hydrogen-bond acceptors (Lipinski definition) is 5. The lowest BCUT2D eigenvalue weighted by Crippen LogP contribution is -2.43. The normalized spacial score (nSPS) is 16.0. The molecule has 1 unspecified atom stereocenters. The van der Waals surface area contributed by atoms with E-state index in [1.54, 1.807) is 24.7 Å². The fourth-order valence-electron chi connectivity index (χ4n) is 3.44. The first-order valence-corrected chi connectivity index (χ1v) is 9.07. The Morgan fingerprint density at radius 3 is 2.59 bits per heavy atom. The zero-order valence-corrected chi connectivity index (χ0v) is 15.6. The van der Waals surface area contributed by atoms with E-state index in [0.717, 1.165) is 16.9 Å². The lowest BCUT2D eigenvalue weighted by molar-refractivity contribution is -0.142. The molecule has 1 saturated heterocycles. The predicted molar refractivity (Wildman–Crippen MR) is 101 cm³/mol. The highest BCUT2D eigenvalue weighted by atomic mass is 16.4. The van der Waals surface area contributed by atoms with E-state index in [9.17, 15) is 14.7 Å². The van der Waals surface area contributed by atoms with Crippen LogP contribution in [0, 0.1) is 19.8 Å². The number of amides is 1. The number of rotatable bonds is 5. The van der Waals surface area contributed by atoms with Crippen LogP contribution in [0.1, 0.15) is 35.6 Å². The van der Waals surface area contributed by atoms with Crippen molar-refractivity contribution in [1.29, 1.82) is 0 Å². The van der Waals surface area contributed by atoms with Crippen molar-refractivity contribution >= 4 is 17.7 Å². The van der Waals surface area contributed by atoms with E-state index >= 15 is 0 Å². The molecule has 1 aliphatic heterocycles. The molecule has 0 spiro atoms. The second kappa shape index (κ2) is 8.16. The van der Waals surface area contributed by atoms with E-state index in [1.165, 1.54) is 0 Å². The molecule has 2 aromatic rings. The summed E-state index contributed by atoms with van der Waals surface area (Å²) in [4.78, 5) is 34.9. The lowest BCUT2D eigenvalue weighted by atomic mass is 9.93. The molecule has 2 N–H and O–H groups in total. The second-order valence-electron chi connectivity index (χ2n) is 6.89. The van der Waals surface area contributed by atoms with Crippen molar-refractivity contribution in [2.24, 2.45) is 5.92 Å². The molecule has 1 aliphatic rings. The van der Waals surface area contributed by atoms with Crippen LogP contribution in [0.3, 0.4) is 0 Å². The van der Waals surface area contributed by atoms with Gasteiger partial charge in [-0.05, 0) is 43.4 Å². The van der Waals surface area contributed by atoms with Gasteiger partial charge in [0.05, 0.1) is 6.20 Å². The third kappa shape index (κ3) is 4.24. The van der Waals surface area contributed by atoms with Gasteiger partial charge >= 0.3 is 5.97 Å². The minimum atomic E-state index is -1.05. The summed E-state index contributed by atoms with van der Waals surface area (Å²) in [5, 5.41) is 12.4. The van der Waals surface area contributed by atoms with Gasteiger partial charge in [0.2, 0.25) is 5.91 Å². The number of benzene rings is 1. The minimum Gasteiger partial charge on any atom is -0.479 e. The van der Waals surface area contributed by atoms with Crippen LogP contribution in [-0.4, -0.2) is 40.0 Å². The van der Waals surface area contributed by atoms with Crippen molar-refractivity contribution < 1.29 is 14.7 Å². The van der Waals surface area contributed by atoms with Gasteiger partial charge in [-0.1, -0.05) is 18.2 Å². The van der Waals surface area contributed by atoms with Gasteiger partial charge in [0, 0.05) is 31.4 Å². The first-order valence-electron chi connectivity index (χ1n) is 9.07. The molecule has 7 heteroatoms. The Balaban J connectivity index is 1.65. The zero-order valence-electron chi connectivity index (χ0n) is 15.6. The molecule has 2 heterocycles. The smallest absolute Gasteiger partial charge is 0.330 e. The Morgan fingerprint density at radius 2 is 1.96 bits per heavy atom. The van der Waals surface area contributed by atoms with Crippen LogP contribution in [0.15, 0.2) is 36.8 Å². The molecule has 1 aromatic carbocycles. The van der Waals surface area contributed by atoms with E-state index in [0.29, 0.717) is 31.5 Å². The molecule has 1 amide bonds. The van der Waals surface area contributed by atoms with Gasteiger partial charge in [0.25, 0.3) is 0 Å². The third-order valence-electron chi connectivity index (χ3n) is 5.23. The van der Waals surface area contributed by atoms with Crippen LogP contribution < -0.4 is 10.2 Å². The van der Waals surface area contributed by atoms with Gasteiger partial charge in [0.15, 0.2) is 6.04 Å². The quantitative estimate of drug-likeness (QED) is 0.840. The highest BCUT2D eigenvalue weighted by Crippen LogP contribution is 2.24. The second-order valence-corrected chi connectivity index (χ2v) is 6.89. The standard InChI is InChI=1S/C20H24N4O3/c1-13-4-3-5-16(14(13)2)18(20(26)27)23-19(25)15-6-10-24(11-7-15)17-12-21-8-9-22-17/h3-5,8-9,12,15,18H,6-7,10-11H2,1-2H3,(H,23,25)(H,26,27). The molecule has 1 aromatic heterocycles. The van der Waals surface area contributed by atoms with Crippen LogP contribution in [0.4, 0.5) is 5.82 Å². The summed E-state index contributed by atoms with van der Waals surface area (Å²) >= 11 is 0. The number of aromatic nitrogens is 2. The minimum absolute atomic E-state index is 0.204. The fraction of sp³-hybridized carbons (Fsp3) is 0.400. The summed E-state index contributed by atoms with van der Waals surface area (Å²) in [6.07, 6.45) is 6.29. The van der Waals surface area contributed by atoms with Crippen LogP contribution >= 0.6 is 0 Å². The van der Waals surface area contributed by atoms with E-state index in [2.05, 4.69) is 20.2 Å². The van der Waals surface area contributed by atoms with Gasteiger partial charge in [-0.3, -0.25) is 9.78 Å². The van der Waals surface area contributed by atoms with Gasteiger partial charge in [0.1, 0.15) is 5.82 Å². The Bertz CT molecular complexity index is 817. The highest BCUT2D eigenvalue weighted by Gasteiger charge is 2.30. The SMILES string of the molecule is Cc1cccc(C(NC(=O)C2CCN(c3cnccn3)CC2)C(=O)O)c1C. The van der Waals surface area contributed by atoms with Crippen molar-refractivity contribution in [2.45, 2.75) is 32.7 Å². The Morgan fingerprint density at radius 1 is 1.22 bits per heavy atom. The van der Waals surface area contributed by atoms with Gasteiger partial charge in [-0.15, -0.1) is 0 Å². The number of hydrogen-bond donors (Lipinski definition) is 2. The molecule has 27 heavy (non-hydrogen) atoms. The number of nitrogens with one attached hydrogen (secondary N) is 1. The average Bonchev–Trinajstić information content (AvgIpc) is 2.69. The molecular formula is C20H24N4O3. The maximum atomic E-state index is 12.7. The monoisotopic (exact) mass is 368 g/mol. The van der Waals surface area contributed by atoms with Crippen molar-refractivity contribution in [3.05, 3.63) is 53.5 Å². The van der Waals surface area contributed by atoms with E-state index < -0.39 is 12.0 Å². The van der Waals surface area contributed by atoms with E-state index in [4.69, 9.17) is 0 Å². The Hall–Kier alpha value is -2.96. The molecule has 0 radical (unpaired) electrons. The Labute approximate surface area is 158 Å². The first-order chi connectivity index (χ1) is 13.0. The number of anilines is 1. The van der Waals surface area contributed by atoms with Crippen molar-refractivity contribution in [1.82, 2.24) is 15.3 Å². The number of aliphatic carboxylic acids is 1. The van der Waals surface area contributed by atoms with E-state index in [1.807, 2.05) is 26.0 Å².